The number of hydrogen-bond acceptors (Lipinski definition) is 3. The molecule has 1 fully saturated rings. The molecule has 0 amide bonds. The predicted octanol–water partition coefficient (Wildman–Crippen LogP) is 3.40. The predicted molar refractivity (Wildman–Crippen MR) is 67.8 cm³/mol. The number of hydrogen-bond donors (Lipinski definition) is 1. The van der Waals surface area contributed by atoms with Gasteiger partial charge in [0, 0.05) is 15.8 Å². The maximum absolute atomic E-state index is 11.3. The van der Waals surface area contributed by atoms with Gasteiger partial charge in [0.15, 0.2) is 0 Å². The Morgan fingerprint density at radius 2 is 2.47 bits per heavy atom. The average Bonchev–Trinajstić information content (AvgIpc) is 2.78. The molecule has 0 saturated carbocycles. The summed E-state index contributed by atoms with van der Waals surface area (Å²) < 4.78 is 0.466. The van der Waals surface area contributed by atoms with E-state index in [0.717, 1.165) is 27.9 Å². The first-order valence-electron chi connectivity index (χ1n) is 4.73. The minimum absolute atomic E-state index is 0.576. The molecule has 0 aromatic carbocycles. The minimum atomic E-state index is -0.662. The first-order valence-corrected chi connectivity index (χ1v) is 7.39. The Kier molecular flexibility index (Phi) is 3.42. The molecule has 5 heteroatoms. The maximum Gasteiger partial charge on any atom is 0.320 e. The van der Waals surface area contributed by atoms with Crippen LogP contribution in [0.25, 0.3) is 0 Å². The van der Waals surface area contributed by atoms with Gasteiger partial charge in [-0.15, -0.1) is 23.1 Å². The summed E-state index contributed by atoms with van der Waals surface area (Å²) in [6, 6.07) is 1.98. The number of thioether (sulfide) groups is 1. The zero-order valence-electron chi connectivity index (χ0n) is 8.03. The Balaban J connectivity index is 2.21. The second kappa shape index (κ2) is 4.47. The first-order chi connectivity index (χ1) is 7.14. The second-order valence-electron chi connectivity index (χ2n) is 3.62. The van der Waals surface area contributed by atoms with Crippen LogP contribution < -0.4 is 0 Å². The summed E-state index contributed by atoms with van der Waals surface area (Å²) in [5, 5.41) is 11.3. The SMILES string of the molecule is O=C(O)C1(Cc2sccc2Br)CCCS1. The standard InChI is InChI=1S/C10H11BrO2S2/c11-7-2-5-14-8(7)6-10(9(12)13)3-1-4-15-10/h2,5H,1,3-4,6H2,(H,12,13). The smallest absolute Gasteiger partial charge is 0.320 e. The summed E-state index contributed by atoms with van der Waals surface area (Å²) in [4.78, 5) is 12.5. The number of aliphatic carboxylic acids is 1. The molecule has 1 N–H and O–H groups in total. The normalized spacial score (nSPS) is 25.7. The van der Waals surface area contributed by atoms with E-state index in [1.807, 2.05) is 11.4 Å². The van der Waals surface area contributed by atoms with E-state index < -0.39 is 10.7 Å². The first kappa shape index (κ1) is 11.5. The van der Waals surface area contributed by atoms with Crippen molar-refractivity contribution in [3.8, 4) is 0 Å². The number of carboxylic acid groups (broad SMARTS) is 1. The molecular weight excluding hydrogens is 296 g/mol. The Morgan fingerprint density at radius 3 is 2.93 bits per heavy atom. The molecule has 1 aliphatic rings. The molecule has 1 atom stereocenters. The number of thiophene rings is 1. The van der Waals surface area contributed by atoms with E-state index in [1.54, 1.807) is 23.1 Å². The van der Waals surface area contributed by atoms with E-state index in [0.29, 0.717) is 6.42 Å². The summed E-state index contributed by atoms with van der Waals surface area (Å²) in [5.74, 6) is 0.306. The van der Waals surface area contributed by atoms with Crippen LogP contribution in [-0.2, 0) is 11.2 Å². The van der Waals surface area contributed by atoms with Crippen LogP contribution >= 0.6 is 39.0 Å². The minimum Gasteiger partial charge on any atom is -0.480 e. The van der Waals surface area contributed by atoms with E-state index >= 15 is 0 Å². The maximum atomic E-state index is 11.3. The lowest BCUT2D eigenvalue weighted by Crippen LogP contribution is -2.34. The highest BCUT2D eigenvalue weighted by molar-refractivity contribution is 9.10. The summed E-state index contributed by atoms with van der Waals surface area (Å²) in [6.07, 6.45) is 2.45. The van der Waals surface area contributed by atoms with Gasteiger partial charge in [-0.2, -0.15) is 0 Å². The van der Waals surface area contributed by atoms with Crippen molar-refractivity contribution in [2.45, 2.75) is 24.0 Å². The van der Waals surface area contributed by atoms with E-state index in [-0.39, 0.29) is 0 Å². The highest BCUT2D eigenvalue weighted by atomic mass is 79.9. The van der Waals surface area contributed by atoms with Gasteiger partial charge in [0.1, 0.15) is 4.75 Å². The summed E-state index contributed by atoms with van der Waals surface area (Å²) in [7, 11) is 0. The molecule has 15 heavy (non-hydrogen) atoms. The molecule has 2 nitrogen and oxygen atoms in total. The van der Waals surface area contributed by atoms with Gasteiger partial charge in [-0.05, 0) is 46.0 Å². The Morgan fingerprint density at radius 1 is 1.67 bits per heavy atom. The van der Waals surface area contributed by atoms with Crippen molar-refractivity contribution in [2.75, 3.05) is 5.75 Å². The van der Waals surface area contributed by atoms with Crippen LogP contribution in [0.3, 0.4) is 0 Å². The average molecular weight is 307 g/mol. The third-order valence-corrected chi connectivity index (χ3v) is 6.13. The Labute approximate surface area is 105 Å². The summed E-state index contributed by atoms with van der Waals surface area (Å²) >= 11 is 6.68. The Hall–Kier alpha value is -0.000000000000000111. The van der Waals surface area contributed by atoms with Crippen molar-refractivity contribution in [1.82, 2.24) is 0 Å². The molecule has 0 radical (unpaired) electrons. The highest BCUT2D eigenvalue weighted by Gasteiger charge is 2.42. The number of rotatable bonds is 3. The van der Waals surface area contributed by atoms with Gasteiger partial charge in [-0.3, -0.25) is 4.79 Å². The fourth-order valence-corrected chi connectivity index (χ4v) is 4.83. The third kappa shape index (κ3) is 2.24. The molecule has 1 aliphatic heterocycles. The fourth-order valence-electron chi connectivity index (χ4n) is 1.79. The number of halogens is 1. The van der Waals surface area contributed by atoms with Crippen LogP contribution in [0.2, 0.25) is 0 Å². The van der Waals surface area contributed by atoms with Gasteiger partial charge in [-0.25, -0.2) is 0 Å². The molecule has 0 spiro atoms. The van der Waals surface area contributed by atoms with Crippen molar-refractivity contribution in [3.63, 3.8) is 0 Å². The van der Waals surface area contributed by atoms with Crippen LogP contribution in [0.5, 0.6) is 0 Å². The topological polar surface area (TPSA) is 37.3 Å². The van der Waals surface area contributed by atoms with Gasteiger partial charge in [-0.1, -0.05) is 0 Å². The molecule has 1 aromatic heterocycles. The van der Waals surface area contributed by atoms with Gasteiger partial charge in [0.25, 0.3) is 0 Å². The highest BCUT2D eigenvalue weighted by Crippen LogP contribution is 2.43. The zero-order valence-corrected chi connectivity index (χ0v) is 11.3. The Bertz CT molecular complexity index is 369. The fraction of sp³-hybridized carbons (Fsp3) is 0.500. The molecule has 0 aliphatic carbocycles. The van der Waals surface area contributed by atoms with E-state index in [9.17, 15) is 9.90 Å². The van der Waals surface area contributed by atoms with Crippen molar-refractivity contribution < 1.29 is 9.90 Å². The lowest BCUT2D eigenvalue weighted by molar-refractivity contribution is -0.139. The van der Waals surface area contributed by atoms with Crippen LogP contribution in [0, 0.1) is 0 Å². The van der Waals surface area contributed by atoms with Gasteiger partial charge < -0.3 is 5.11 Å². The van der Waals surface area contributed by atoms with E-state index in [2.05, 4.69) is 15.9 Å². The zero-order chi connectivity index (χ0) is 10.9. The molecule has 82 valence electrons. The van der Waals surface area contributed by atoms with Gasteiger partial charge in [0.2, 0.25) is 0 Å². The molecule has 1 aromatic rings. The van der Waals surface area contributed by atoms with E-state index in [4.69, 9.17) is 0 Å². The molecule has 2 rings (SSSR count). The lowest BCUT2D eigenvalue weighted by atomic mass is 9.98. The lowest BCUT2D eigenvalue weighted by Gasteiger charge is -2.22. The number of carbonyl (C=O) groups is 1. The van der Waals surface area contributed by atoms with Crippen LogP contribution in [-0.4, -0.2) is 21.6 Å². The molecule has 2 heterocycles. The monoisotopic (exact) mass is 306 g/mol. The quantitative estimate of drug-likeness (QED) is 0.930. The van der Waals surface area contributed by atoms with Gasteiger partial charge in [0.05, 0.1) is 0 Å². The van der Waals surface area contributed by atoms with Gasteiger partial charge >= 0.3 is 5.97 Å². The largest absolute Gasteiger partial charge is 0.480 e. The van der Waals surface area contributed by atoms with Crippen molar-refractivity contribution >= 4 is 45.0 Å². The van der Waals surface area contributed by atoms with Crippen LogP contribution in [0.4, 0.5) is 0 Å². The molecule has 0 bridgehead atoms. The molecule has 1 unspecified atom stereocenters. The van der Waals surface area contributed by atoms with Crippen LogP contribution in [0.15, 0.2) is 15.9 Å². The van der Waals surface area contributed by atoms with Crippen LogP contribution in [0.1, 0.15) is 17.7 Å². The third-order valence-electron chi connectivity index (χ3n) is 2.63. The number of carboxylic acids is 1. The van der Waals surface area contributed by atoms with Crippen molar-refractivity contribution in [2.24, 2.45) is 0 Å². The van der Waals surface area contributed by atoms with Crippen molar-refractivity contribution in [1.29, 1.82) is 0 Å². The summed E-state index contributed by atoms with van der Waals surface area (Å²) in [5.41, 5.74) is 0. The molecule has 1 saturated heterocycles. The molecular formula is C10H11BrO2S2. The van der Waals surface area contributed by atoms with E-state index in [1.165, 1.54) is 0 Å². The summed E-state index contributed by atoms with van der Waals surface area (Å²) in [6.45, 7) is 0. The van der Waals surface area contributed by atoms with Crippen molar-refractivity contribution in [3.05, 3.63) is 20.8 Å². The second-order valence-corrected chi connectivity index (χ2v) is 6.95.